The minimum absolute atomic E-state index is 0.259. The standard InChI is InChI=1S/C21H15FO2/c1-23-17-12-8-15(9-13-17)21-19-5-3-2-4-18(19)20(24-21)14-6-10-16(22)11-7-14/h2-13H,1H3. The van der Waals surface area contributed by atoms with Crippen molar-refractivity contribution in [1.82, 2.24) is 0 Å². The van der Waals surface area contributed by atoms with Crippen molar-refractivity contribution in [3.8, 4) is 28.4 Å². The molecule has 0 spiro atoms. The summed E-state index contributed by atoms with van der Waals surface area (Å²) in [6.07, 6.45) is 0. The predicted molar refractivity (Wildman–Crippen MR) is 93.6 cm³/mol. The zero-order valence-electron chi connectivity index (χ0n) is 13.1. The van der Waals surface area contributed by atoms with Crippen LogP contribution in [0.5, 0.6) is 5.75 Å². The highest BCUT2D eigenvalue weighted by Crippen LogP contribution is 2.39. The number of rotatable bonds is 3. The summed E-state index contributed by atoms with van der Waals surface area (Å²) >= 11 is 0. The summed E-state index contributed by atoms with van der Waals surface area (Å²) in [5.74, 6) is 2.09. The van der Waals surface area contributed by atoms with E-state index in [1.807, 2.05) is 48.5 Å². The maximum Gasteiger partial charge on any atom is 0.142 e. The Balaban J connectivity index is 1.91. The van der Waals surface area contributed by atoms with Gasteiger partial charge in [-0.3, -0.25) is 0 Å². The Hall–Kier alpha value is -3.07. The van der Waals surface area contributed by atoms with Gasteiger partial charge in [0, 0.05) is 21.9 Å². The van der Waals surface area contributed by atoms with Gasteiger partial charge >= 0.3 is 0 Å². The third kappa shape index (κ3) is 2.44. The summed E-state index contributed by atoms with van der Waals surface area (Å²) in [7, 11) is 1.64. The average Bonchev–Trinajstić information content (AvgIpc) is 3.02. The number of fused-ring (bicyclic) bond motifs is 1. The zero-order chi connectivity index (χ0) is 16.5. The third-order valence-corrected chi connectivity index (χ3v) is 4.08. The maximum atomic E-state index is 13.2. The highest BCUT2D eigenvalue weighted by atomic mass is 19.1. The molecule has 4 rings (SSSR count). The fourth-order valence-corrected chi connectivity index (χ4v) is 2.86. The number of ether oxygens (including phenoxy) is 1. The van der Waals surface area contributed by atoms with Gasteiger partial charge in [-0.05, 0) is 48.5 Å². The summed E-state index contributed by atoms with van der Waals surface area (Å²) in [5, 5.41) is 2.04. The second-order valence-electron chi connectivity index (χ2n) is 5.54. The minimum atomic E-state index is -0.259. The van der Waals surface area contributed by atoms with E-state index in [0.29, 0.717) is 0 Å². The molecule has 0 saturated heterocycles. The first-order chi connectivity index (χ1) is 11.8. The molecule has 0 atom stereocenters. The molecule has 24 heavy (non-hydrogen) atoms. The van der Waals surface area contributed by atoms with Crippen LogP contribution in [-0.4, -0.2) is 7.11 Å². The molecular weight excluding hydrogens is 303 g/mol. The first-order valence-electron chi connectivity index (χ1n) is 7.68. The fourth-order valence-electron chi connectivity index (χ4n) is 2.86. The number of furan rings is 1. The van der Waals surface area contributed by atoms with Gasteiger partial charge in [0.1, 0.15) is 23.1 Å². The van der Waals surface area contributed by atoms with Crippen LogP contribution in [0.2, 0.25) is 0 Å². The van der Waals surface area contributed by atoms with Crippen LogP contribution in [0.15, 0.2) is 77.2 Å². The Morgan fingerprint density at radius 3 is 1.71 bits per heavy atom. The molecule has 0 N–H and O–H groups in total. The van der Waals surface area contributed by atoms with Gasteiger partial charge in [-0.2, -0.15) is 0 Å². The van der Waals surface area contributed by atoms with Crippen molar-refractivity contribution in [3.05, 3.63) is 78.6 Å². The van der Waals surface area contributed by atoms with Crippen molar-refractivity contribution in [1.29, 1.82) is 0 Å². The molecule has 3 heteroatoms. The Morgan fingerprint density at radius 2 is 1.21 bits per heavy atom. The van der Waals surface area contributed by atoms with Crippen LogP contribution in [0, 0.1) is 5.82 Å². The van der Waals surface area contributed by atoms with Gasteiger partial charge in [0.15, 0.2) is 0 Å². The minimum Gasteiger partial charge on any atom is -0.497 e. The molecule has 0 aliphatic rings. The van der Waals surface area contributed by atoms with E-state index in [-0.39, 0.29) is 5.82 Å². The van der Waals surface area contributed by atoms with Crippen molar-refractivity contribution < 1.29 is 13.5 Å². The number of halogens is 1. The molecule has 1 aromatic heterocycles. The van der Waals surface area contributed by atoms with Crippen LogP contribution in [-0.2, 0) is 0 Å². The van der Waals surface area contributed by atoms with Gasteiger partial charge in [0.05, 0.1) is 7.11 Å². The third-order valence-electron chi connectivity index (χ3n) is 4.08. The van der Waals surface area contributed by atoms with Gasteiger partial charge in [-0.15, -0.1) is 0 Å². The second kappa shape index (κ2) is 5.85. The molecule has 2 nitrogen and oxygen atoms in total. The highest BCUT2D eigenvalue weighted by Gasteiger charge is 2.15. The zero-order valence-corrected chi connectivity index (χ0v) is 13.1. The van der Waals surface area contributed by atoms with Crippen molar-refractivity contribution >= 4 is 10.8 Å². The summed E-state index contributed by atoms with van der Waals surface area (Å²) in [5.41, 5.74) is 1.83. The topological polar surface area (TPSA) is 22.4 Å². The lowest BCUT2D eigenvalue weighted by atomic mass is 10.0. The number of methoxy groups -OCH3 is 1. The number of benzene rings is 3. The molecule has 0 unspecified atom stereocenters. The molecule has 0 radical (unpaired) electrons. The summed E-state index contributed by atoms with van der Waals surface area (Å²) in [6.45, 7) is 0. The SMILES string of the molecule is COc1ccc(-c2oc(-c3ccc(F)cc3)c3ccccc23)cc1. The van der Waals surface area contributed by atoms with Gasteiger partial charge in [0.2, 0.25) is 0 Å². The van der Waals surface area contributed by atoms with E-state index in [1.54, 1.807) is 19.2 Å². The molecular formula is C21H15FO2. The normalized spacial score (nSPS) is 10.9. The van der Waals surface area contributed by atoms with Crippen molar-refractivity contribution in [2.75, 3.05) is 7.11 Å². The highest BCUT2D eigenvalue weighted by molar-refractivity contribution is 6.02. The van der Waals surface area contributed by atoms with Crippen LogP contribution in [0.1, 0.15) is 0 Å². The van der Waals surface area contributed by atoms with E-state index in [9.17, 15) is 4.39 Å². The van der Waals surface area contributed by atoms with E-state index in [4.69, 9.17) is 9.15 Å². The lowest BCUT2D eigenvalue weighted by Crippen LogP contribution is -1.82. The molecule has 0 aliphatic carbocycles. The first-order valence-corrected chi connectivity index (χ1v) is 7.68. The first kappa shape index (κ1) is 14.5. The van der Waals surface area contributed by atoms with Gasteiger partial charge < -0.3 is 9.15 Å². The van der Waals surface area contributed by atoms with Crippen LogP contribution in [0.3, 0.4) is 0 Å². The molecule has 0 fully saturated rings. The molecule has 0 bridgehead atoms. The van der Waals surface area contributed by atoms with Crippen molar-refractivity contribution in [2.24, 2.45) is 0 Å². The maximum absolute atomic E-state index is 13.2. The van der Waals surface area contributed by atoms with E-state index in [0.717, 1.165) is 39.2 Å². The Bertz CT molecular complexity index is 983. The monoisotopic (exact) mass is 318 g/mol. The molecule has 1 heterocycles. The van der Waals surface area contributed by atoms with E-state index in [1.165, 1.54) is 12.1 Å². The summed E-state index contributed by atoms with van der Waals surface area (Å²) in [6, 6.07) is 22.1. The summed E-state index contributed by atoms with van der Waals surface area (Å²) < 4.78 is 24.6. The smallest absolute Gasteiger partial charge is 0.142 e. The van der Waals surface area contributed by atoms with Gasteiger partial charge in [-0.1, -0.05) is 24.3 Å². The van der Waals surface area contributed by atoms with Crippen molar-refractivity contribution in [2.45, 2.75) is 0 Å². The largest absolute Gasteiger partial charge is 0.497 e. The average molecular weight is 318 g/mol. The summed E-state index contributed by atoms with van der Waals surface area (Å²) in [4.78, 5) is 0. The molecule has 0 saturated carbocycles. The van der Waals surface area contributed by atoms with Gasteiger partial charge in [0.25, 0.3) is 0 Å². The Morgan fingerprint density at radius 1 is 0.708 bits per heavy atom. The van der Waals surface area contributed by atoms with Crippen LogP contribution in [0.4, 0.5) is 4.39 Å². The quantitative estimate of drug-likeness (QED) is 0.468. The molecule has 3 aromatic carbocycles. The molecule has 118 valence electrons. The van der Waals surface area contributed by atoms with Crippen LogP contribution in [0.25, 0.3) is 33.4 Å². The number of hydrogen-bond donors (Lipinski definition) is 0. The fraction of sp³-hybridized carbons (Fsp3) is 0.0476. The number of hydrogen-bond acceptors (Lipinski definition) is 2. The van der Waals surface area contributed by atoms with Gasteiger partial charge in [-0.25, -0.2) is 4.39 Å². The molecule has 4 aromatic rings. The Kier molecular flexibility index (Phi) is 3.54. The second-order valence-corrected chi connectivity index (χ2v) is 5.54. The van der Waals surface area contributed by atoms with Crippen LogP contribution < -0.4 is 4.74 Å². The molecule has 0 aliphatic heterocycles. The van der Waals surface area contributed by atoms with Crippen molar-refractivity contribution in [3.63, 3.8) is 0 Å². The lowest BCUT2D eigenvalue weighted by molar-refractivity contribution is 0.415. The molecule has 0 amide bonds. The van der Waals surface area contributed by atoms with E-state index < -0.39 is 0 Å². The predicted octanol–water partition coefficient (Wildman–Crippen LogP) is 5.91. The van der Waals surface area contributed by atoms with E-state index in [2.05, 4.69) is 0 Å². The Labute approximate surface area is 139 Å². The lowest BCUT2D eigenvalue weighted by Gasteiger charge is -2.01. The van der Waals surface area contributed by atoms with Crippen LogP contribution >= 0.6 is 0 Å². The van der Waals surface area contributed by atoms with E-state index >= 15 is 0 Å².